The van der Waals surface area contributed by atoms with Crippen LogP contribution in [0.15, 0.2) is 42.5 Å². The van der Waals surface area contributed by atoms with Crippen molar-refractivity contribution in [3.63, 3.8) is 0 Å². The molecule has 1 aliphatic heterocycles. The molecule has 6 N–H and O–H groups in total. The summed E-state index contributed by atoms with van der Waals surface area (Å²) in [6, 6.07) is 7.46. The number of carboxylic acid groups (broad SMARTS) is 1. The van der Waals surface area contributed by atoms with Crippen LogP contribution in [0, 0.1) is 10.8 Å². The largest absolute Gasteiger partial charge is 0.507 e. The highest BCUT2D eigenvalue weighted by atomic mass is 19.4. The van der Waals surface area contributed by atoms with Crippen molar-refractivity contribution >= 4 is 35.3 Å². The van der Waals surface area contributed by atoms with Gasteiger partial charge in [-0.2, -0.15) is 13.2 Å². The van der Waals surface area contributed by atoms with Gasteiger partial charge in [-0.25, -0.2) is 0 Å². The molecule has 10 nitrogen and oxygen atoms in total. The lowest BCUT2D eigenvalue weighted by atomic mass is 10.1. The Kier molecular flexibility index (Phi) is 9.98. The number of phenolic OH excluding ortho intramolecular Hbond substituents is 1. The van der Waals surface area contributed by atoms with E-state index in [1.165, 1.54) is 36.4 Å². The molecule has 1 aliphatic rings. The normalized spacial score (nSPS) is 14.2. The maximum absolute atomic E-state index is 14.1. The Morgan fingerprint density at radius 1 is 1.15 bits per heavy atom. The average Bonchev–Trinajstić information content (AvgIpc) is 2.90. The summed E-state index contributed by atoms with van der Waals surface area (Å²) in [5, 5.41) is 34.4. The third-order valence-corrected chi connectivity index (χ3v) is 6.57. The number of benzene rings is 2. The molecule has 1 amide bonds. The number of nitrogens with two attached hydrogens (primary N) is 1. The number of aliphatic carboxylic acids is 1. The summed E-state index contributed by atoms with van der Waals surface area (Å²) < 4.78 is 48.1. The molecular weight excluding hydrogens is 543 g/mol. The van der Waals surface area contributed by atoms with Crippen molar-refractivity contribution in [1.82, 2.24) is 4.90 Å². The van der Waals surface area contributed by atoms with Gasteiger partial charge >= 0.3 is 12.1 Å². The van der Waals surface area contributed by atoms with Crippen molar-refractivity contribution in [2.75, 3.05) is 24.5 Å². The van der Waals surface area contributed by atoms with Gasteiger partial charge in [0.25, 0.3) is 0 Å². The zero-order valence-electron chi connectivity index (χ0n) is 22.4. The van der Waals surface area contributed by atoms with Gasteiger partial charge in [-0.1, -0.05) is 12.2 Å². The number of nitrogen functional groups attached to an aromatic ring is 1. The number of phenols is 1. The van der Waals surface area contributed by atoms with Crippen LogP contribution in [0.1, 0.15) is 49.3 Å². The van der Waals surface area contributed by atoms with E-state index in [2.05, 4.69) is 0 Å². The SMILES string of the molecule is CC(=N)N1CCC(Oc2ccc(N(C/C=C/c3cc(C(=N)N)ccc3O)C(=O)CCC(=O)O)cc2C(F)(F)F)CC1. The minimum absolute atomic E-state index is 0.110. The Hall–Kier alpha value is -4.55. The molecule has 0 atom stereocenters. The highest BCUT2D eigenvalue weighted by Gasteiger charge is 2.36. The predicted octanol–water partition coefficient (Wildman–Crippen LogP) is 4.45. The monoisotopic (exact) mass is 575 g/mol. The second-order valence-corrected chi connectivity index (χ2v) is 9.56. The quantitative estimate of drug-likeness (QED) is 0.206. The van der Waals surface area contributed by atoms with Crippen molar-refractivity contribution in [2.24, 2.45) is 5.73 Å². The van der Waals surface area contributed by atoms with Crippen molar-refractivity contribution in [2.45, 2.75) is 44.9 Å². The van der Waals surface area contributed by atoms with E-state index in [1.54, 1.807) is 6.92 Å². The van der Waals surface area contributed by atoms with E-state index in [4.69, 9.17) is 26.4 Å². The molecule has 41 heavy (non-hydrogen) atoms. The molecule has 2 aromatic carbocycles. The Bertz CT molecular complexity index is 1340. The molecule has 0 unspecified atom stereocenters. The van der Waals surface area contributed by atoms with Gasteiger partial charge < -0.3 is 30.5 Å². The maximum Gasteiger partial charge on any atom is 0.420 e. The number of carbonyl (C=O) groups excluding carboxylic acids is 1. The van der Waals surface area contributed by atoms with E-state index in [9.17, 15) is 27.9 Å². The second kappa shape index (κ2) is 13.2. The van der Waals surface area contributed by atoms with Crippen LogP contribution in [-0.2, 0) is 15.8 Å². The number of amides is 1. The summed E-state index contributed by atoms with van der Waals surface area (Å²) in [5.41, 5.74) is 4.90. The van der Waals surface area contributed by atoms with Crippen LogP contribution in [0.4, 0.5) is 18.9 Å². The summed E-state index contributed by atoms with van der Waals surface area (Å²) in [6.07, 6.45) is -2.51. The smallest absolute Gasteiger partial charge is 0.420 e. The van der Waals surface area contributed by atoms with Gasteiger partial charge in [0.2, 0.25) is 5.91 Å². The van der Waals surface area contributed by atoms with Crippen LogP contribution in [0.25, 0.3) is 6.08 Å². The van der Waals surface area contributed by atoms with E-state index >= 15 is 0 Å². The Morgan fingerprint density at radius 2 is 1.83 bits per heavy atom. The van der Waals surface area contributed by atoms with Crippen molar-refractivity contribution in [1.29, 1.82) is 10.8 Å². The number of anilines is 1. The van der Waals surface area contributed by atoms with Crippen LogP contribution in [-0.4, -0.2) is 64.4 Å². The Balaban J connectivity index is 1.90. The molecule has 2 aromatic rings. The molecule has 1 saturated heterocycles. The summed E-state index contributed by atoms with van der Waals surface area (Å²) in [4.78, 5) is 26.8. The highest BCUT2D eigenvalue weighted by Crippen LogP contribution is 2.40. The van der Waals surface area contributed by atoms with Gasteiger partial charge in [-0.05, 0) is 43.3 Å². The van der Waals surface area contributed by atoms with Gasteiger partial charge in [0.1, 0.15) is 23.4 Å². The molecule has 1 fully saturated rings. The number of likely N-dealkylation sites (tertiary alicyclic amines) is 1. The van der Waals surface area contributed by atoms with Gasteiger partial charge in [0, 0.05) is 55.7 Å². The fraction of sp³-hybridized carbons (Fsp3) is 0.357. The molecule has 0 aliphatic carbocycles. The molecule has 0 spiro atoms. The fourth-order valence-electron chi connectivity index (χ4n) is 4.34. The summed E-state index contributed by atoms with van der Waals surface area (Å²) in [5.74, 6) is -2.32. The van der Waals surface area contributed by atoms with E-state index < -0.39 is 42.6 Å². The van der Waals surface area contributed by atoms with Crippen LogP contribution in [0.3, 0.4) is 0 Å². The number of piperidine rings is 1. The van der Waals surface area contributed by atoms with E-state index in [0.717, 1.165) is 17.0 Å². The number of aromatic hydroxyl groups is 1. The van der Waals surface area contributed by atoms with Crippen LogP contribution in [0.2, 0.25) is 0 Å². The highest BCUT2D eigenvalue weighted by molar-refractivity contribution is 5.96. The molecule has 0 bridgehead atoms. The number of carboxylic acids is 1. The first-order chi connectivity index (χ1) is 19.3. The topological polar surface area (TPSA) is 164 Å². The van der Waals surface area contributed by atoms with Crippen molar-refractivity contribution < 1.29 is 37.7 Å². The minimum Gasteiger partial charge on any atom is -0.507 e. The Morgan fingerprint density at radius 3 is 2.41 bits per heavy atom. The minimum atomic E-state index is -4.80. The van der Waals surface area contributed by atoms with E-state index in [1.807, 2.05) is 4.90 Å². The zero-order chi connectivity index (χ0) is 30.3. The number of hydrogen-bond acceptors (Lipinski definition) is 6. The molecule has 1 heterocycles. The summed E-state index contributed by atoms with van der Waals surface area (Å²) in [6.45, 7) is 2.39. The number of nitrogens with one attached hydrogen (secondary N) is 2. The lowest BCUT2D eigenvalue weighted by molar-refractivity contribution is -0.139. The van der Waals surface area contributed by atoms with Crippen LogP contribution >= 0.6 is 0 Å². The molecule has 0 saturated carbocycles. The predicted molar refractivity (Wildman–Crippen MR) is 147 cm³/mol. The number of nitrogens with zero attached hydrogens (tertiary/aromatic N) is 2. The number of carbonyl (C=O) groups is 2. The first-order valence-electron chi connectivity index (χ1n) is 12.8. The molecule has 3 rings (SSSR count). The lowest BCUT2D eigenvalue weighted by Gasteiger charge is -2.33. The third-order valence-electron chi connectivity index (χ3n) is 6.57. The van der Waals surface area contributed by atoms with Crippen molar-refractivity contribution in [3.05, 3.63) is 59.2 Å². The van der Waals surface area contributed by atoms with Gasteiger partial charge in [-0.3, -0.25) is 20.4 Å². The number of ether oxygens (including phenoxy) is 1. The Labute approximate surface area is 234 Å². The van der Waals surface area contributed by atoms with Crippen LogP contribution < -0.4 is 15.4 Å². The van der Waals surface area contributed by atoms with Crippen molar-refractivity contribution in [3.8, 4) is 11.5 Å². The number of rotatable bonds is 10. The molecule has 13 heteroatoms. The number of amidine groups is 2. The first kappa shape index (κ1) is 31.0. The molecule has 0 aromatic heterocycles. The lowest BCUT2D eigenvalue weighted by Crippen LogP contribution is -2.40. The number of hydrogen-bond donors (Lipinski definition) is 5. The molecular formula is C28H32F3N5O5. The number of halogens is 3. The number of alkyl halides is 3. The zero-order valence-corrected chi connectivity index (χ0v) is 22.4. The summed E-state index contributed by atoms with van der Waals surface area (Å²) >= 11 is 0. The van der Waals surface area contributed by atoms with Crippen LogP contribution in [0.5, 0.6) is 11.5 Å². The maximum atomic E-state index is 14.1. The standard InChI is InChI=1S/C28H32F3N5O5/c1-17(32)35-13-10-21(11-14-35)41-24-7-5-20(16-22(24)28(29,30)31)36(25(38)8-9-26(39)40)12-2-3-18-15-19(27(33)34)4-6-23(18)37/h2-7,15-16,21,32,37H,8-14H2,1H3,(H3,33,34)(H,39,40)/b3-2+,32-17?. The van der Waals surface area contributed by atoms with Gasteiger partial charge in [-0.15, -0.1) is 0 Å². The first-order valence-corrected chi connectivity index (χ1v) is 12.8. The van der Waals surface area contributed by atoms with E-state index in [-0.39, 0.29) is 35.1 Å². The summed E-state index contributed by atoms with van der Waals surface area (Å²) in [7, 11) is 0. The molecule has 220 valence electrons. The molecule has 0 radical (unpaired) electrons. The average molecular weight is 576 g/mol. The fourth-order valence-corrected chi connectivity index (χ4v) is 4.34. The van der Waals surface area contributed by atoms with Gasteiger partial charge in [0.05, 0.1) is 17.8 Å². The van der Waals surface area contributed by atoms with Gasteiger partial charge in [0.15, 0.2) is 0 Å². The third kappa shape index (κ3) is 8.47. The second-order valence-electron chi connectivity index (χ2n) is 9.56. The van der Waals surface area contributed by atoms with E-state index in [0.29, 0.717) is 37.3 Å².